The minimum atomic E-state index is -0.273. The van der Waals surface area contributed by atoms with Gasteiger partial charge in [-0.15, -0.1) is 0 Å². The van der Waals surface area contributed by atoms with E-state index in [0.29, 0.717) is 5.91 Å². The van der Waals surface area contributed by atoms with E-state index in [4.69, 9.17) is 0 Å². The number of hydrogen-bond acceptors (Lipinski definition) is 2. The summed E-state index contributed by atoms with van der Waals surface area (Å²) in [4.78, 5) is 29.8. The quantitative estimate of drug-likeness (QED) is 0.849. The Morgan fingerprint density at radius 3 is 2.08 bits per heavy atom. The van der Waals surface area contributed by atoms with E-state index in [1.54, 1.807) is 0 Å². The standard InChI is InChI=1S/C21H28N2O2/c24-19(22-13-5-2-6-14-22)17-9-15-23(16-10-17)20(25)21(11-12-21)18-7-3-1-4-8-18/h1,3-4,7-8,17H,2,5-6,9-16H2. The molecule has 4 heteroatoms. The fraction of sp³-hybridized carbons (Fsp3) is 0.619. The first-order valence-corrected chi connectivity index (χ1v) is 9.84. The highest BCUT2D eigenvalue weighted by molar-refractivity contribution is 5.91. The Kier molecular flexibility index (Phi) is 4.53. The van der Waals surface area contributed by atoms with Gasteiger partial charge in [-0.1, -0.05) is 30.3 Å². The molecular formula is C21H28N2O2. The molecule has 4 nitrogen and oxygen atoms in total. The predicted molar refractivity (Wildman–Crippen MR) is 97.1 cm³/mol. The Bertz CT molecular complexity index is 625. The molecule has 25 heavy (non-hydrogen) atoms. The molecule has 2 saturated heterocycles. The fourth-order valence-electron chi connectivity index (χ4n) is 4.51. The Hall–Kier alpha value is -1.84. The first-order valence-electron chi connectivity index (χ1n) is 9.84. The second-order valence-electron chi connectivity index (χ2n) is 7.90. The van der Waals surface area contributed by atoms with Crippen LogP contribution >= 0.6 is 0 Å². The van der Waals surface area contributed by atoms with Crippen molar-refractivity contribution in [3.05, 3.63) is 35.9 Å². The van der Waals surface area contributed by atoms with Crippen LogP contribution in [-0.4, -0.2) is 47.8 Å². The van der Waals surface area contributed by atoms with Crippen molar-refractivity contribution in [2.75, 3.05) is 26.2 Å². The summed E-state index contributed by atoms with van der Waals surface area (Å²) < 4.78 is 0. The molecule has 0 atom stereocenters. The molecule has 1 saturated carbocycles. The highest BCUT2D eigenvalue weighted by atomic mass is 16.2. The summed E-state index contributed by atoms with van der Waals surface area (Å²) in [5, 5.41) is 0. The van der Waals surface area contributed by atoms with Gasteiger partial charge >= 0.3 is 0 Å². The lowest BCUT2D eigenvalue weighted by Gasteiger charge is -2.37. The number of benzene rings is 1. The minimum absolute atomic E-state index is 0.119. The summed E-state index contributed by atoms with van der Waals surface area (Å²) in [5.74, 6) is 0.729. The number of amides is 2. The molecular weight excluding hydrogens is 312 g/mol. The van der Waals surface area contributed by atoms with Crippen molar-refractivity contribution in [3.63, 3.8) is 0 Å². The van der Waals surface area contributed by atoms with E-state index in [1.165, 1.54) is 6.42 Å². The average Bonchev–Trinajstić information content (AvgIpc) is 3.50. The van der Waals surface area contributed by atoms with Crippen molar-refractivity contribution >= 4 is 11.8 Å². The lowest BCUT2D eigenvalue weighted by molar-refractivity contribution is -0.142. The first-order chi connectivity index (χ1) is 12.2. The van der Waals surface area contributed by atoms with Crippen LogP contribution in [0.5, 0.6) is 0 Å². The molecule has 3 fully saturated rings. The molecule has 134 valence electrons. The van der Waals surface area contributed by atoms with Gasteiger partial charge in [0.2, 0.25) is 11.8 Å². The molecule has 2 aliphatic heterocycles. The number of nitrogens with zero attached hydrogens (tertiary/aromatic N) is 2. The van der Waals surface area contributed by atoms with Crippen LogP contribution in [0, 0.1) is 5.92 Å². The van der Waals surface area contributed by atoms with E-state index in [1.807, 2.05) is 23.1 Å². The maximum absolute atomic E-state index is 13.1. The molecule has 2 amide bonds. The molecule has 0 spiro atoms. The van der Waals surface area contributed by atoms with Crippen molar-refractivity contribution in [2.45, 2.75) is 50.4 Å². The average molecular weight is 340 g/mol. The molecule has 0 radical (unpaired) electrons. The summed E-state index contributed by atoms with van der Waals surface area (Å²) >= 11 is 0. The second kappa shape index (κ2) is 6.81. The Labute approximate surface area is 150 Å². The van der Waals surface area contributed by atoms with E-state index in [2.05, 4.69) is 17.0 Å². The summed E-state index contributed by atoms with van der Waals surface area (Å²) in [7, 11) is 0. The van der Waals surface area contributed by atoms with Crippen LogP contribution in [0.4, 0.5) is 0 Å². The Morgan fingerprint density at radius 2 is 1.48 bits per heavy atom. The summed E-state index contributed by atoms with van der Waals surface area (Å²) in [6, 6.07) is 10.2. The second-order valence-corrected chi connectivity index (χ2v) is 7.90. The van der Waals surface area contributed by atoms with E-state index >= 15 is 0 Å². The summed E-state index contributed by atoms with van der Waals surface area (Å²) in [6.45, 7) is 3.32. The van der Waals surface area contributed by atoms with Gasteiger partial charge in [-0.05, 0) is 50.5 Å². The SMILES string of the molecule is O=C(C1CCN(C(=O)C2(c3ccccc3)CC2)CC1)N1CCCCC1. The fourth-order valence-corrected chi connectivity index (χ4v) is 4.51. The highest BCUT2D eigenvalue weighted by Crippen LogP contribution is 2.49. The molecule has 2 heterocycles. The smallest absolute Gasteiger partial charge is 0.233 e. The molecule has 0 N–H and O–H groups in total. The van der Waals surface area contributed by atoms with Gasteiger partial charge in [0.15, 0.2) is 0 Å². The lowest BCUT2D eigenvalue weighted by Crippen LogP contribution is -2.48. The maximum atomic E-state index is 13.1. The zero-order valence-corrected chi connectivity index (χ0v) is 15.0. The zero-order valence-electron chi connectivity index (χ0n) is 15.0. The van der Waals surface area contributed by atoms with Crippen molar-refractivity contribution in [1.29, 1.82) is 0 Å². The largest absolute Gasteiger partial charge is 0.342 e. The third-order valence-corrected chi connectivity index (χ3v) is 6.28. The lowest BCUT2D eigenvalue weighted by atomic mass is 9.90. The van der Waals surface area contributed by atoms with Crippen molar-refractivity contribution in [1.82, 2.24) is 9.80 Å². The normalized spacial score (nSPS) is 23.4. The van der Waals surface area contributed by atoms with Gasteiger partial charge < -0.3 is 9.80 Å². The molecule has 3 aliphatic rings. The first kappa shape index (κ1) is 16.6. The van der Waals surface area contributed by atoms with Crippen LogP contribution in [0.15, 0.2) is 30.3 Å². The molecule has 0 aromatic heterocycles. The number of piperidine rings is 2. The number of likely N-dealkylation sites (tertiary alicyclic amines) is 2. The van der Waals surface area contributed by atoms with E-state index in [9.17, 15) is 9.59 Å². The van der Waals surface area contributed by atoms with Crippen molar-refractivity contribution < 1.29 is 9.59 Å². The molecule has 0 unspecified atom stereocenters. The summed E-state index contributed by atoms with van der Waals surface area (Å²) in [6.07, 6.45) is 7.10. The van der Waals surface area contributed by atoms with Gasteiger partial charge in [-0.3, -0.25) is 9.59 Å². The molecule has 1 aromatic carbocycles. The van der Waals surface area contributed by atoms with Gasteiger partial charge in [0.1, 0.15) is 0 Å². The van der Waals surface area contributed by atoms with Gasteiger partial charge in [0, 0.05) is 32.1 Å². The third kappa shape index (κ3) is 3.19. The van der Waals surface area contributed by atoms with E-state index in [0.717, 1.165) is 70.3 Å². The molecule has 1 aliphatic carbocycles. The molecule has 0 bridgehead atoms. The van der Waals surface area contributed by atoms with Crippen LogP contribution < -0.4 is 0 Å². The van der Waals surface area contributed by atoms with Crippen LogP contribution in [0.2, 0.25) is 0 Å². The maximum Gasteiger partial charge on any atom is 0.233 e. The van der Waals surface area contributed by atoms with E-state index in [-0.39, 0.29) is 17.2 Å². The molecule has 4 rings (SSSR count). The van der Waals surface area contributed by atoms with Gasteiger partial charge in [0.05, 0.1) is 5.41 Å². The van der Waals surface area contributed by atoms with Crippen LogP contribution in [0.3, 0.4) is 0 Å². The van der Waals surface area contributed by atoms with Crippen molar-refractivity contribution in [2.24, 2.45) is 5.92 Å². The zero-order chi connectivity index (χ0) is 17.3. The number of carbonyl (C=O) groups is 2. The van der Waals surface area contributed by atoms with Gasteiger partial charge in [-0.25, -0.2) is 0 Å². The highest BCUT2D eigenvalue weighted by Gasteiger charge is 2.53. The van der Waals surface area contributed by atoms with Crippen molar-refractivity contribution in [3.8, 4) is 0 Å². The van der Waals surface area contributed by atoms with Gasteiger partial charge in [0.25, 0.3) is 0 Å². The minimum Gasteiger partial charge on any atom is -0.342 e. The third-order valence-electron chi connectivity index (χ3n) is 6.28. The summed E-state index contributed by atoms with van der Waals surface area (Å²) in [5.41, 5.74) is 0.886. The van der Waals surface area contributed by atoms with E-state index < -0.39 is 0 Å². The van der Waals surface area contributed by atoms with Crippen LogP contribution in [-0.2, 0) is 15.0 Å². The Morgan fingerprint density at radius 1 is 0.840 bits per heavy atom. The monoisotopic (exact) mass is 340 g/mol. The van der Waals surface area contributed by atoms with Crippen LogP contribution in [0.1, 0.15) is 50.5 Å². The van der Waals surface area contributed by atoms with Crippen LogP contribution in [0.25, 0.3) is 0 Å². The van der Waals surface area contributed by atoms with Gasteiger partial charge in [-0.2, -0.15) is 0 Å². The topological polar surface area (TPSA) is 40.6 Å². The number of carbonyl (C=O) groups excluding carboxylic acids is 2. The number of rotatable bonds is 3. The predicted octanol–water partition coefficient (Wildman–Crippen LogP) is 2.97. The Balaban J connectivity index is 1.36. The molecule has 1 aromatic rings. The number of hydrogen-bond donors (Lipinski definition) is 0.